The number of nitrogens with one attached hydrogen (secondary N) is 8. The summed E-state index contributed by atoms with van der Waals surface area (Å²) in [6, 6.07) is 9.76. The molecule has 8 N–H and O–H groups in total. The molecule has 42 heteroatoms. The third-order valence-corrected chi connectivity index (χ3v) is 17.5. The summed E-state index contributed by atoms with van der Waals surface area (Å²) >= 11 is 0. The number of amides is 8. The number of benzene rings is 2. The van der Waals surface area contributed by atoms with Crippen LogP contribution in [0.5, 0.6) is 0 Å². The lowest BCUT2D eigenvalue weighted by atomic mass is 10.0. The molecule has 0 spiro atoms. The van der Waals surface area contributed by atoms with Crippen LogP contribution in [-0.2, 0) is 165 Å². The maximum absolute atomic E-state index is 15.3. The van der Waals surface area contributed by atoms with E-state index in [1.807, 2.05) is 0 Å². The molecule has 4 atom stereocenters. The van der Waals surface area contributed by atoms with E-state index in [9.17, 15) is 38.4 Å². The van der Waals surface area contributed by atoms with Crippen molar-refractivity contribution >= 4 is 59.6 Å². The van der Waals surface area contributed by atoms with E-state index in [1.165, 1.54) is 0 Å². The molecule has 0 aliphatic carbocycles. The largest absolute Gasteiger partial charge is 0.460 e. The van der Waals surface area contributed by atoms with E-state index in [-0.39, 0.29) is 156 Å². The molecule has 0 radical (unpaired) electrons. The number of hydrogen-bond acceptors (Lipinski definition) is 34. The van der Waals surface area contributed by atoms with Crippen LogP contribution in [0.25, 0.3) is 0 Å². The zero-order chi connectivity index (χ0) is 96.1. The van der Waals surface area contributed by atoms with Crippen LogP contribution >= 0.6 is 0 Å². The Morgan fingerprint density at radius 1 is 0.273 bits per heavy atom. The van der Waals surface area contributed by atoms with Gasteiger partial charge in [-0.25, -0.2) is 9.59 Å². The molecule has 0 fully saturated rings. The van der Waals surface area contributed by atoms with Crippen LogP contribution in [0.2, 0.25) is 0 Å². The average Bonchev–Trinajstić information content (AvgIpc) is 0.826. The second-order valence-corrected chi connectivity index (χ2v) is 31.0. The SMILES string of the molecule is COCCOCCOCCOCCOCCOCCOCCOCCOCCOCC(=O)NCCCC[C@H](NC(=O)[C@@H](NC(=O)OCc1ccccc1)[C@@H](NC(=O)OCc1ccccc1)C(=O)N[C@@H](CCCCNC(=O)COCCOCCOCCOCCOCCOCCOCCOCCOCCOC)C(=O)NCCCC(=O)OC(C)(C)C)C(=O)NCCCC(=O)OC(C)(C)C. The van der Waals surface area contributed by atoms with Crippen LogP contribution in [0, 0.1) is 0 Å². The van der Waals surface area contributed by atoms with Gasteiger partial charge in [0.1, 0.15) is 61.8 Å². The van der Waals surface area contributed by atoms with Crippen LogP contribution in [0.15, 0.2) is 60.7 Å². The Morgan fingerprint density at radius 2 is 0.508 bits per heavy atom. The second kappa shape index (κ2) is 83.5. The quantitative estimate of drug-likeness (QED) is 0.0268. The minimum absolute atomic E-state index is 0.0665. The monoisotopic (exact) mass is 1890 g/mol. The highest BCUT2D eigenvalue weighted by atomic mass is 16.6. The summed E-state index contributed by atoms with van der Waals surface area (Å²) in [5, 5.41) is 21.1. The first-order valence-corrected chi connectivity index (χ1v) is 45.4. The van der Waals surface area contributed by atoms with Gasteiger partial charge in [0.05, 0.1) is 238 Å². The molecular formula is C90H154N8O34. The maximum atomic E-state index is 15.3. The fourth-order valence-electron chi connectivity index (χ4n) is 11.0. The van der Waals surface area contributed by atoms with Gasteiger partial charge in [-0.05, 0) is 104 Å². The number of hydrogen-bond donors (Lipinski definition) is 8. The number of ether oxygens (including phenoxy) is 24. The lowest BCUT2D eigenvalue weighted by Gasteiger charge is -2.30. The summed E-state index contributed by atoms with van der Waals surface area (Å²) in [6.45, 7) is 23.3. The summed E-state index contributed by atoms with van der Waals surface area (Å²) < 4.78 is 131. The summed E-state index contributed by atoms with van der Waals surface area (Å²) in [6.07, 6.45) is -1.75. The fourth-order valence-corrected chi connectivity index (χ4v) is 11.0. The molecule has 0 aromatic heterocycles. The molecule has 0 aliphatic heterocycles. The summed E-state index contributed by atoms with van der Waals surface area (Å²) in [7, 11) is 3.24. The normalized spacial score (nSPS) is 12.4. The van der Waals surface area contributed by atoms with E-state index in [1.54, 1.807) is 116 Å². The van der Waals surface area contributed by atoms with E-state index in [2.05, 4.69) is 42.5 Å². The molecule has 2 aromatic rings. The first-order chi connectivity index (χ1) is 64.0. The number of methoxy groups -OCH3 is 2. The zero-order valence-electron chi connectivity index (χ0n) is 79.1. The molecule has 0 bridgehead atoms. The average molecular weight is 1890 g/mol. The predicted octanol–water partition coefficient (Wildman–Crippen LogP) is 3.19. The molecule has 0 saturated carbocycles. The number of carbonyl (C=O) groups is 10. The van der Waals surface area contributed by atoms with E-state index in [0.717, 1.165) is 0 Å². The van der Waals surface area contributed by atoms with Gasteiger partial charge in [0, 0.05) is 53.2 Å². The first kappa shape index (κ1) is 120. The second-order valence-electron chi connectivity index (χ2n) is 31.0. The minimum atomic E-state index is -2.15. The number of alkyl carbamates (subject to hydrolysis) is 2. The third-order valence-electron chi connectivity index (χ3n) is 17.5. The molecule has 42 nitrogen and oxygen atoms in total. The molecule has 2 rings (SSSR count). The Hall–Kier alpha value is -8.06. The Balaban J connectivity index is 2.10. The predicted molar refractivity (Wildman–Crippen MR) is 479 cm³/mol. The van der Waals surface area contributed by atoms with Crippen molar-refractivity contribution in [2.75, 3.05) is 291 Å². The molecule has 132 heavy (non-hydrogen) atoms. The number of rotatable bonds is 89. The van der Waals surface area contributed by atoms with E-state index in [0.29, 0.717) is 209 Å². The summed E-state index contributed by atoms with van der Waals surface area (Å²) in [5.41, 5.74) is -0.496. The van der Waals surface area contributed by atoms with E-state index >= 15 is 9.59 Å². The van der Waals surface area contributed by atoms with Crippen molar-refractivity contribution in [2.45, 2.75) is 154 Å². The molecule has 2 aromatic carbocycles. The van der Waals surface area contributed by atoms with Gasteiger partial charge in [0.15, 0.2) is 0 Å². The van der Waals surface area contributed by atoms with Gasteiger partial charge in [-0.2, -0.15) is 0 Å². The van der Waals surface area contributed by atoms with Crippen molar-refractivity contribution in [3.8, 4) is 0 Å². The lowest BCUT2D eigenvalue weighted by Crippen LogP contribution is -2.66. The number of carbonyl (C=O) groups excluding carboxylic acids is 10. The number of esters is 2. The first-order valence-electron chi connectivity index (χ1n) is 45.4. The van der Waals surface area contributed by atoms with Gasteiger partial charge in [0.25, 0.3) is 0 Å². The van der Waals surface area contributed by atoms with Crippen LogP contribution in [-0.4, -0.2) is 386 Å². The standard InChI is InChI=1S/C90H154N8O34/c1-89(2,3)131-79(101)27-19-31-93-83(103)75(25-15-17-29-91-77(99)71-127-67-65-125-63-61-123-59-57-121-55-53-119-51-49-117-47-45-115-43-41-113-39-37-111-35-33-109-7)95-85(105)81(97-87(107)129-69-73-21-11-9-12-22-73)82(98-88(108)130-70-74-23-13-10-14-24-74)86(106)96-76(84(104)94-32-20-28-80(102)132-90(4,5)6)26-16-18-30-92-78(100)72-128-68-66-126-64-62-124-60-58-122-56-54-120-52-50-118-48-46-116-44-42-114-40-38-112-36-34-110-8/h9-14,21-24,75-76,81-82H,15-20,25-72H2,1-8H3,(H,91,99)(H,92,100)(H,93,103)(H,94,104)(H,95,105)(H,96,106)(H,97,107)(H,98,108)/t75-,76-,81-,82+/m0/s1. The van der Waals surface area contributed by atoms with Crippen molar-refractivity contribution in [1.29, 1.82) is 0 Å². The summed E-state index contributed by atoms with van der Waals surface area (Å²) in [4.78, 5) is 139. The van der Waals surface area contributed by atoms with Gasteiger partial charge >= 0.3 is 24.1 Å². The Morgan fingerprint density at radius 3 is 0.750 bits per heavy atom. The van der Waals surface area contributed by atoms with Gasteiger partial charge in [0.2, 0.25) is 35.4 Å². The van der Waals surface area contributed by atoms with Crippen LogP contribution in [0.3, 0.4) is 0 Å². The smallest absolute Gasteiger partial charge is 0.408 e. The Kier molecular flexibility index (Phi) is 75.9. The molecule has 8 amide bonds. The van der Waals surface area contributed by atoms with Gasteiger partial charge in [-0.15, -0.1) is 0 Å². The molecule has 758 valence electrons. The Bertz CT molecular complexity index is 3020. The highest BCUT2D eigenvalue weighted by Crippen LogP contribution is 2.14. The highest BCUT2D eigenvalue weighted by molar-refractivity contribution is 5.99. The topological polar surface area (TPSA) is 488 Å². The molecule has 0 saturated heterocycles. The van der Waals surface area contributed by atoms with Crippen LogP contribution in [0.1, 0.15) is 117 Å². The molecular weight excluding hydrogens is 1740 g/mol. The van der Waals surface area contributed by atoms with E-state index in [4.69, 9.17) is 114 Å². The van der Waals surface area contributed by atoms with Crippen LogP contribution in [0.4, 0.5) is 9.59 Å². The fraction of sp³-hybridized carbons (Fsp3) is 0.756. The van der Waals surface area contributed by atoms with Gasteiger partial charge < -0.3 is 156 Å². The molecule has 0 aliphatic rings. The maximum Gasteiger partial charge on any atom is 0.408 e. The van der Waals surface area contributed by atoms with Crippen molar-refractivity contribution < 1.29 is 162 Å². The highest BCUT2D eigenvalue weighted by Gasteiger charge is 2.40. The minimum Gasteiger partial charge on any atom is -0.460 e. The zero-order valence-corrected chi connectivity index (χ0v) is 79.1. The van der Waals surface area contributed by atoms with Crippen molar-refractivity contribution in [1.82, 2.24) is 42.5 Å². The Labute approximate surface area is 778 Å². The summed E-state index contributed by atoms with van der Waals surface area (Å²) in [5.74, 6) is -5.83. The van der Waals surface area contributed by atoms with E-state index < -0.39 is 94.9 Å². The van der Waals surface area contributed by atoms with Gasteiger partial charge in [-0.3, -0.25) is 38.4 Å². The van der Waals surface area contributed by atoms with Gasteiger partial charge in [-0.1, -0.05) is 60.7 Å². The van der Waals surface area contributed by atoms with Crippen molar-refractivity contribution in [3.63, 3.8) is 0 Å². The van der Waals surface area contributed by atoms with Crippen LogP contribution < -0.4 is 42.5 Å². The van der Waals surface area contributed by atoms with Crippen molar-refractivity contribution in [3.05, 3.63) is 71.8 Å². The number of unbranched alkanes of at least 4 members (excludes halogenated alkanes) is 2. The lowest BCUT2D eigenvalue weighted by molar-refractivity contribution is -0.156. The molecule has 0 unspecified atom stereocenters. The third kappa shape index (κ3) is 75.3. The van der Waals surface area contributed by atoms with Crippen molar-refractivity contribution in [2.24, 2.45) is 0 Å². The molecule has 0 heterocycles.